The maximum Gasteiger partial charge on any atom is 0.324 e. The van der Waals surface area contributed by atoms with E-state index in [1.54, 1.807) is 0 Å². The number of carbonyl (C=O) groups excluding carboxylic acids is 1. The summed E-state index contributed by atoms with van der Waals surface area (Å²) in [6.07, 6.45) is 0. The largest absolute Gasteiger partial charge is 0.367 e. The highest BCUT2D eigenvalue weighted by atomic mass is 32.2. The number of nitrogens with zero attached hydrogens (tertiary/aromatic N) is 1. The molecule has 0 aromatic rings. The number of hydrogen-bond acceptors (Lipinski definition) is 3. The van der Waals surface area contributed by atoms with E-state index in [9.17, 15) is 4.79 Å². The van der Waals surface area contributed by atoms with Gasteiger partial charge in [0.05, 0.1) is 13.2 Å². The predicted octanol–water partition coefficient (Wildman–Crippen LogP) is 0.00300. The molecule has 52 valence electrons. The molecule has 5 heteroatoms. The van der Waals surface area contributed by atoms with E-state index < -0.39 is 0 Å². The summed E-state index contributed by atoms with van der Waals surface area (Å²) in [5.41, 5.74) is 4.98. The lowest BCUT2D eigenvalue weighted by molar-refractivity contribution is 0.151. The Morgan fingerprint density at radius 3 is 2.89 bits per heavy atom. The van der Waals surface area contributed by atoms with Gasteiger partial charge in [-0.05, 0) is 11.9 Å². The number of rotatable bonds is 0. The number of carbonyl (C=O) groups is 1. The van der Waals surface area contributed by atoms with Crippen molar-refractivity contribution in [3.8, 4) is 0 Å². The minimum atomic E-state index is -0.386. The van der Waals surface area contributed by atoms with Crippen LogP contribution < -0.4 is 5.73 Å². The lowest BCUT2D eigenvalue weighted by Gasteiger charge is -2.22. The van der Waals surface area contributed by atoms with Gasteiger partial charge in [-0.25, -0.2) is 4.79 Å². The molecule has 2 amide bonds. The molecule has 0 bridgehead atoms. The van der Waals surface area contributed by atoms with Gasteiger partial charge in [-0.2, -0.15) is 0 Å². The fourth-order valence-corrected chi connectivity index (χ4v) is 1.20. The van der Waals surface area contributed by atoms with Crippen molar-refractivity contribution in [2.24, 2.45) is 5.73 Å². The van der Waals surface area contributed by atoms with Crippen molar-refractivity contribution in [3.05, 3.63) is 0 Å². The summed E-state index contributed by atoms with van der Waals surface area (Å²) in [5.74, 6) is 0.531. The van der Waals surface area contributed by atoms with Crippen LogP contribution >= 0.6 is 11.9 Å². The van der Waals surface area contributed by atoms with E-state index >= 15 is 0 Å². The highest BCUT2D eigenvalue weighted by Gasteiger charge is 2.13. The van der Waals surface area contributed by atoms with Gasteiger partial charge in [0.1, 0.15) is 5.94 Å². The van der Waals surface area contributed by atoms with Crippen molar-refractivity contribution in [2.75, 3.05) is 19.1 Å². The fraction of sp³-hybridized carbons (Fsp3) is 0.750. The van der Waals surface area contributed by atoms with Crippen molar-refractivity contribution >= 4 is 18.0 Å². The molecule has 0 aliphatic carbocycles. The first kappa shape index (κ1) is 6.70. The Kier molecular flexibility index (Phi) is 2.18. The molecule has 9 heavy (non-hydrogen) atoms. The first-order valence-corrected chi connectivity index (χ1v) is 3.52. The second-order valence-corrected chi connectivity index (χ2v) is 2.53. The Balaban J connectivity index is 2.31. The lowest BCUT2D eigenvalue weighted by Crippen LogP contribution is -2.35. The van der Waals surface area contributed by atoms with E-state index in [1.165, 1.54) is 16.3 Å². The van der Waals surface area contributed by atoms with E-state index in [0.29, 0.717) is 19.1 Å². The molecule has 0 radical (unpaired) electrons. The Hall–Kier alpha value is -0.420. The standard InChI is InChI=1S/C4H8N2O2S/c5-4(7)6-1-2-8-3-9-6/h1-3H2,(H2,5,7). The van der Waals surface area contributed by atoms with Crippen LogP contribution in [-0.4, -0.2) is 29.4 Å². The van der Waals surface area contributed by atoms with Crippen LogP contribution in [0.3, 0.4) is 0 Å². The molecule has 2 N–H and O–H groups in total. The predicted molar refractivity (Wildman–Crippen MR) is 34.7 cm³/mol. The number of urea groups is 1. The third kappa shape index (κ3) is 1.76. The van der Waals surface area contributed by atoms with Gasteiger partial charge in [0.15, 0.2) is 0 Å². The van der Waals surface area contributed by atoms with Crippen molar-refractivity contribution < 1.29 is 9.53 Å². The Bertz CT molecular complexity index is 113. The molecular formula is C4H8N2O2S. The molecule has 0 aromatic heterocycles. The van der Waals surface area contributed by atoms with Gasteiger partial charge in [0.25, 0.3) is 0 Å². The molecule has 4 nitrogen and oxygen atoms in total. The van der Waals surface area contributed by atoms with Crippen LogP contribution in [0.25, 0.3) is 0 Å². The molecule has 1 fully saturated rings. The second kappa shape index (κ2) is 2.93. The van der Waals surface area contributed by atoms with E-state index in [4.69, 9.17) is 10.5 Å². The molecule has 1 aliphatic heterocycles. The van der Waals surface area contributed by atoms with Gasteiger partial charge in [-0.3, -0.25) is 4.31 Å². The quantitative estimate of drug-likeness (QED) is 0.492. The summed E-state index contributed by atoms with van der Waals surface area (Å²) < 4.78 is 6.45. The van der Waals surface area contributed by atoms with Crippen LogP contribution in [0.1, 0.15) is 0 Å². The van der Waals surface area contributed by atoms with Gasteiger partial charge in [0.2, 0.25) is 0 Å². The summed E-state index contributed by atoms with van der Waals surface area (Å²) in [7, 11) is 0. The third-order valence-electron chi connectivity index (χ3n) is 0.976. The molecule has 1 heterocycles. The van der Waals surface area contributed by atoms with Gasteiger partial charge in [-0.1, -0.05) is 0 Å². The maximum atomic E-state index is 10.4. The SMILES string of the molecule is NC(=O)N1CCOCS1. The van der Waals surface area contributed by atoms with E-state index in [2.05, 4.69) is 0 Å². The van der Waals surface area contributed by atoms with Crippen molar-refractivity contribution in [1.29, 1.82) is 0 Å². The highest BCUT2D eigenvalue weighted by molar-refractivity contribution is 7.97. The first-order valence-electron chi connectivity index (χ1n) is 2.58. The summed E-state index contributed by atoms with van der Waals surface area (Å²) in [4.78, 5) is 10.4. The topological polar surface area (TPSA) is 55.6 Å². The smallest absolute Gasteiger partial charge is 0.324 e. The van der Waals surface area contributed by atoms with Crippen molar-refractivity contribution in [2.45, 2.75) is 0 Å². The van der Waals surface area contributed by atoms with Crippen LogP contribution in [0.2, 0.25) is 0 Å². The molecule has 0 aromatic carbocycles. The molecule has 0 saturated carbocycles. The molecule has 0 atom stereocenters. The average Bonchev–Trinajstić information content (AvgIpc) is 1.90. The number of primary amides is 1. The van der Waals surface area contributed by atoms with Crippen LogP contribution in [0.5, 0.6) is 0 Å². The summed E-state index contributed by atoms with van der Waals surface area (Å²) in [6.45, 7) is 1.19. The molecular weight excluding hydrogens is 140 g/mol. The summed E-state index contributed by atoms with van der Waals surface area (Å²) >= 11 is 1.31. The minimum absolute atomic E-state index is 0.386. The van der Waals surface area contributed by atoms with Crippen LogP contribution in [0.4, 0.5) is 4.79 Å². The summed E-state index contributed by atoms with van der Waals surface area (Å²) in [5, 5.41) is 0. The van der Waals surface area contributed by atoms with E-state index in [-0.39, 0.29) is 6.03 Å². The van der Waals surface area contributed by atoms with E-state index in [1.807, 2.05) is 0 Å². The van der Waals surface area contributed by atoms with E-state index in [0.717, 1.165) is 0 Å². The van der Waals surface area contributed by atoms with Gasteiger partial charge >= 0.3 is 6.03 Å². The first-order chi connectivity index (χ1) is 4.30. The monoisotopic (exact) mass is 148 g/mol. The van der Waals surface area contributed by atoms with Gasteiger partial charge < -0.3 is 10.5 Å². The van der Waals surface area contributed by atoms with Crippen molar-refractivity contribution in [1.82, 2.24) is 4.31 Å². The minimum Gasteiger partial charge on any atom is -0.367 e. The zero-order chi connectivity index (χ0) is 6.69. The Morgan fingerprint density at radius 2 is 2.56 bits per heavy atom. The normalized spacial score (nSPS) is 19.8. The van der Waals surface area contributed by atoms with Gasteiger partial charge in [-0.15, -0.1) is 0 Å². The Labute approximate surface area is 57.5 Å². The van der Waals surface area contributed by atoms with Crippen LogP contribution in [-0.2, 0) is 4.74 Å². The molecule has 1 aliphatic rings. The zero-order valence-electron chi connectivity index (χ0n) is 4.87. The number of hydrogen-bond donors (Lipinski definition) is 1. The molecule has 0 unspecified atom stereocenters. The van der Waals surface area contributed by atoms with Gasteiger partial charge in [0, 0.05) is 0 Å². The number of nitrogens with two attached hydrogens (primary N) is 1. The second-order valence-electron chi connectivity index (χ2n) is 1.60. The zero-order valence-corrected chi connectivity index (χ0v) is 5.69. The highest BCUT2D eigenvalue weighted by Crippen LogP contribution is 2.13. The number of ether oxygens (including phenoxy) is 1. The molecule has 1 saturated heterocycles. The average molecular weight is 148 g/mol. The number of amides is 2. The third-order valence-corrected chi connectivity index (χ3v) is 1.92. The molecule has 0 spiro atoms. The van der Waals surface area contributed by atoms with Crippen LogP contribution in [0, 0.1) is 0 Å². The molecule has 1 rings (SSSR count). The van der Waals surface area contributed by atoms with Crippen LogP contribution in [0.15, 0.2) is 0 Å². The summed E-state index contributed by atoms with van der Waals surface area (Å²) in [6, 6.07) is -0.386. The fourth-order valence-electron chi connectivity index (χ4n) is 0.546. The maximum absolute atomic E-state index is 10.4. The lowest BCUT2D eigenvalue weighted by atomic mass is 10.7. The Morgan fingerprint density at radius 1 is 1.78 bits per heavy atom. The van der Waals surface area contributed by atoms with Crippen molar-refractivity contribution in [3.63, 3.8) is 0 Å².